The Morgan fingerprint density at radius 1 is 1.31 bits per heavy atom. The number of halogens is 1. The van der Waals surface area contributed by atoms with E-state index in [1.165, 1.54) is 0 Å². The van der Waals surface area contributed by atoms with E-state index in [2.05, 4.69) is 10.1 Å². The molecule has 0 amide bonds. The molecule has 3 aromatic rings. The second-order valence-corrected chi connectivity index (χ2v) is 3.86. The number of hydrogen-bond donors (Lipinski definition) is 2. The molecule has 0 unspecified atom stereocenters. The van der Waals surface area contributed by atoms with Crippen LogP contribution in [0.2, 0.25) is 5.02 Å². The van der Waals surface area contributed by atoms with Gasteiger partial charge in [0, 0.05) is 28.7 Å². The van der Waals surface area contributed by atoms with Crippen molar-refractivity contribution < 1.29 is 4.52 Å². The number of nitrogen functional groups attached to an aromatic ring is 1. The number of nitrogens with two attached hydrogens (primary N) is 1. The Labute approximate surface area is 96.0 Å². The van der Waals surface area contributed by atoms with Gasteiger partial charge >= 0.3 is 0 Å². The Bertz CT molecular complexity index is 656. The zero-order chi connectivity index (χ0) is 11.1. The summed E-state index contributed by atoms with van der Waals surface area (Å²) < 4.78 is 5.09. The van der Waals surface area contributed by atoms with E-state index >= 15 is 0 Å². The molecule has 0 aliphatic carbocycles. The molecule has 16 heavy (non-hydrogen) atoms. The van der Waals surface area contributed by atoms with Crippen LogP contribution in [-0.4, -0.2) is 10.1 Å². The molecule has 0 atom stereocenters. The second kappa shape index (κ2) is 3.28. The molecule has 0 radical (unpaired) electrons. The minimum atomic E-state index is 0.347. The number of fused-ring (bicyclic) bond motifs is 1. The van der Waals surface area contributed by atoms with Crippen molar-refractivity contribution in [2.45, 2.75) is 0 Å². The molecule has 4 nitrogen and oxygen atoms in total. The van der Waals surface area contributed by atoms with Crippen molar-refractivity contribution in [2.75, 3.05) is 5.73 Å². The fourth-order valence-corrected chi connectivity index (χ4v) is 2.02. The highest BCUT2D eigenvalue weighted by molar-refractivity contribution is 6.38. The first-order valence-corrected chi connectivity index (χ1v) is 5.11. The Morgan fingerprint density at radius 2 is 2.19 bits per heavy atom. The molecule has 0 saturated heterocycles. The van der Waals surface area contributed by atoms with Gasteiger partial charge in [-0.2, -0.15) is 0 Å². The third-order valence-corrected chi connectivity index (χ3v) is 2.87. The van der Waals surface area contributed by atoms with E-state index in [0.717, 1.165) is 16.5 Å². The number of benzene rings is 1. The first-order valence-electron chi connectivity index (χ1n) is 4.74. The third kappa shape index (κ3) is 1.27. The predicted octanol–water partition coefficient (Wildman–Crippen LogP) is 3.06. The average Bonchev–Trinajstić information content (AvgIpc) is 2.87. The normalized spacial score (nSPS) is 11.1. The van der Waals surface area contributed by atoms with Crippen LogP contribution in [-0.2, 0) is 0 Å². The van der Waals surface area contributed by atoms with Gasteiger partial charge in [0.15, 0.2) is 11.6 Å². The van der Waals surface area contributed by atoms with Crippen molar-refractivity contribution >= 4 is 28.3 Å². The number of hydrogen-bond acceptors (Lipinski definition) is 3. The quantitative estimate of drug-likeness (QED) is 0.679. The topological polar surface area (TPSA) is 67.8 Å². The lowest BCUT2D eigenvalue weighted by molar-refractivity contribution is 0.436. The number of aromatic amines is 1. The van der Waals surface area contributed by atoms with Crippen molar-refractivity contribution in [3.05, 3.63) is 35.5 Å². The van der Waals surface area contributed by atoms with Gasteiger partial charge in [0.1, 0.15) is 0 Å². The predicted molar refractivity (Wildman–Crippen MR) is 63.2 cm³/mol. The Balaban J connectivity index is 2.27. The first kappa shape index (κ1) is 9.30. The summed E-state index contributed by atoms with van der Waals surface area (Å²) in [6.45, 7) is 0. The Hall–Kier alpha value is -1.94. The number of nitrogens with one attached hydrogen (secondary N) is 1. The molecule has 0 saturated carbocycles. The van der Waals surface area contributed by atoms with E-state index < -0.39 is 0 Å². The van der Waals surface area contributed by atoms with Gasteiger partial charge in [-0.1, -0.05) is 16.8 Å². The van der Waals surface area contributed by atoms with E-state index in [9.17, 15) is 0 Å². The van der Waals surface area contributed by atoms with Gasteiger partial charge in [0.2, 0.25) is 0 Å². The monoisotopic (exact) mass is 233 g/mol. The molecule has 3 N–H and O–H groups in total. The van der Waals surface area contributed by atoms with Crippen LogP contribution in [0, 0.1) is 0 Å². The van der Waals surface area contributed by atoms with E-state index in [4.69, 9.17) is 21.9 Å². The van der Waals surface area contributed by atoms with Crippen molar-refractivity contribution in [2.24, 2.45) is 0 Å². The van der Waals surface area contributed by atoms with Gasteiger partial charge in [0.05, 0.1) is 5.02 Å². The standard InChI is InChI=1S/C11H8ClN3O/c12-11-6-3-4-14-8(6)2-1-7(11)9-5-10(13)15-16-9/h1-5,14H,(H2,13,15). The smallest absolute Gasteiger partial charge is 0.170 e. The van der Waals surface area contributed by atoms with Gasteiger partial charge in [-0.15, -0.1) is 0 Å². The van der Waals surface area contributed by atoms with Crippen molar-refractivity contribution in [1.82, 2.24) is 10.1 Å². The van der Waals surface area contributed by atoms with Crippen LogP contribution in [0.3, 0.4) is 0 Å². The zero-order valence-electron chi connectivity index (χ0n) is 8.20. The van der Waals surface area contributed by atoms with Crippen LogP contribution in [0.5, 0.6) is 0 Å². The molecule has 3 rings (SSSR count). The molecular formula is C11H8ClN3O. The molecule has 0 aliphatic rings. The maximum Gasteiger partial charge on any atom is 0.170 e. The summed E-state index contributed by atoms with van der Waals surface area (Å²) in [6, 6.07) is 7.39. The number of nitrogens with zero attached hydrogens (tertiary/aromatic N) is 1. The Morgan fingerprint density at radius 3 is 2.94 bits per heavy atom. The van der Waals surface area contributed by atoms with Crippen LogP contribution >= 0.6 is 11.6 Å². The van der Waals surface area contributed by atoms with Crippen LogP contribution < -0.4 is 5.73 Å². The highest BCUT2D eigenvalue weighted by Gasteiger charge is 2.12. The number of H-pyrrole nitrogens is 1. The number of aromatic nitrogens is 2. The number of rotatable bonds is 1. The largest absolute Gasteiger partial charge is 0.381 e. The molecule has 5 heteroatoms. The van der Waals surface area contributed by atoms with E-state index in [1.54, 1.807) is 6.07 Å². The second-order valence-electron chi connectivity index (χ2n) is 3.48. The molecule has 1 aromatic carbocycles. The molecule has 80 valence electrons. The molecule has 2 heterocycles. The summed E-state index contributed by atoms with van der Waals surface area (Å²) >= 11 is 6.28. The van der Waals surface area contributed by atoms with Gasteiger partial charge < -0.3 is 15.2 Å². The number of anilines is 1. The fraction of sp³-hybridized carbons (Fsp3) is 0. The van der Waals surface area contributed by atoms with Gasteiger partial charge in [-0.25, -0.2) is 0 Å². The first-order chi connectivity index (χ1) is 7.75. The highest BCUT2D eigenvalue weighted by Crippen LogP contribution is 2.34. The Kier molecular flexibility index (Phi) is 1.91. The van der Waals surface area contributed by atoms with Crippen molar-refractivity contribution in [3.63, 3.8) is 0 Å². The maximum absolute atomic E-state index is 6.28. The minimum absolute atomic E-state index is 0.347. The van der Waals surface area contributed by atoms with E-state index in [1.807, 2.05) is 24.4 Å². The van der Waals surface area contributed by atoms with Crippen LogP contribution in [0.1, 0.15) is 0 Å². The summed E-state index contributed by atoms with van der Waals surface area (Å²) in [5.74, 6) is 0.922. The van der Waals surface area contributed by atoms with Crippen LogP contribution in [0.25, 0.3) is 22.2 Å². The molecule has 0 fully saturated rings. The van der Waals surface area contributed by atoms with E-state index in [-0.39, 0.29) is 0 Å². The van der Waals surface area contributed by atoms with Gasteiger partial charge in [-0.05, 0) is 18.2 Å². The summed E-state index contributed by atoms with van der Waals surface area (Å²) in [6.07, 6.45) is 1.84. The molecule has 0 spiro atoms. The maximum atomic E-state index is 6.28. The zero-order valence-corrected chi connectivity index (χ0v) is 8.95. The third-order valence-electron chi connectivity index (χ3n) is 2.46. The highest BCUT2D eigenvalue weighted by atomic mass is 35.5. The van der Waals surface area contributed by atoms with Crippen LogP contribution in [0.4, 0.5) is 5.82 Å². The molecule has 2 aromatic heterocycles. The summed E-state index contributed by atoms with van der Waals surface area (Å²) in [5.41, 5.74) is 7.28. The van der Waals surface area contributed by atoms with Crippen molar-refractivity contribution in [1.29, 1.82) is 0 Å². The molecule has 0 bridgehead atoms. The lowest BCUT2D eigenvalue weighted by Crippen LogP contribution is -1.80. The van der Waals surface area contributed by atoms with Crippen LogP contribution in [0.15, 0.2) is 35.0 Å². The summed E-state index contributed by atoms with van der Waals surface area (Å²) in [5, 5.41) is 5.23. The lowest BCUT2D eigenvalue weighted by atomic mass is 10.1. The van der Waals surface area contributed by atoms with Gasteiger partial charge in [-0.3, -0.25) is 0 Å². The van der Waals surface area contributed by atoms with Gasteiger partial charge in [0.25, 0.3) is 0 Å². The molecule has 0 aliphatic heterocycles. The summed E-state index contributed by atoms with van der Waals surface area (Å²) in [4.78, 5) is 3.09. The lowest BCUT2D eigenvalue weighted by Gasteiger charge is -2.00. The minimum Gasteiger partial charge on any atom is -0.381 e. The average molecular weight is 234 g/mol. The molecular weight excluding hydrogens is 226 g/mol. The SMILES string of the molecule is Nc1cc(-c2ccc3[nH]ccc3c2Cl)on1. The fourth-order valence-electron chi connectivity index (χ4n) is 1.70. The van der Waals surface area contributed by atoms with Crippen molar-refractivity contribution in [3.8, 4) is 11.3 Å². The van der Waals surface area contributed by atoms with E-state index in [0.29, 0.717) is 16.6 Å². The summed E-state index contributed by atoms with van der Waals surface area (Å²) in [7, 11) is 0.